The van der Waals surface area contributed by atoms with Gasteiger partial charge in [0.15, 0.2) is 0 Å². The van der Waals surface area contributed by atoms with E-state index in [1.807, 2.05) is 49.4 Å². The van der Waals surface area contributed by atoms with Crippen LogP contribution in [0.2, 0.25) is 0 Å². The second-order valence-electron chi connectivity index (χ2n) is 11.3. The van der Waals surface area contributed by atoms with E-state index in [1.165, 1.54) is 0 Å². The summed E-state index contributed by atoms with van der Waals surface area (Å²) >= 11 is 0. The Morgan fingerprint density at radius 1 is 0.932 bits per heavy atom. The molecule has 1 aromatic heterocycles. The Bertz CT molecular complexity index is 2060. The van der Waals surface area contributed by atoms with Crippen LogP contribution in [0.3, 0.4) is 0 Å². The summed E-state index contributed by atoms with van der Waals surface area (Å²) in [4.78, 5) is 0. The zero-order valence-electron chi connectivity index (χ0n) is 25.1. The second-order valence-corrected chi connectivity index (χ2v) is 11.3. The van der Waals surface area contributed by atoms with Crippen molar-refractivity contribution in [3.8, 4) is 17.8 Å². The van der Waals surface area contributed by atoms with Gasteiger partial charge < -0.3 is 9.88 Å². The van der Waals surface area contributed by atoms with Gasteiger partial charge >= 0.3 is 0 Å². The number of rotatable bonds is 8. The first-order valence-electron chi connectivity index (χ1n) is 15.1. The number of nitrogens with zero attached hydrogens (tertiary/aromatic N) is 3. The van der Waals surface area contributed by atoms with E-state index < -0.39 is 0 Å². The highest BCUT2D eigenvalue weighted by Crippen LogP contribution is 2.39. The molecule has 1 aliphatic carbocycles. The van der Waals surface area contributed by atoms with Gasteiger partial charge in [-0.1, -0.05) is 80.3 Å². The Hall–Kier alpha value is -5.58. The minimum Gasteiger partial charge on any atom is -0.378 e. The van der Waals surface area contributed by atoms with Gasteiger partial charge in [0.05, 0.1) is 40.3 Å². The van der Waals surface area contributed by atoms with Gasteiger partial charge in [-0.2, -0.15) is 10.5 Å². The lowest BCUT2D eigenvalue weighted by atomic mass is 9.88. The van der Waals surface area contributed by atoms with Crippen LogP contribution in [0.15, 0.2) is 122 Å². The summed E-state index contributed by atoms with van der Waals surface area (Å²) < 4.78 is 2.25. The molecule has 4 aromatic carbocycles. The fourth-order valence-electron chi connectivity index (χ4n) is 6.11. The fourth-order valence-corrected chi connectivity index (χ4v) is 6.11. The van der Waals surface area contributed by atoms with Crippen molar-refractivity contribution in [2.24, 2.45) is 5.92 Å². The molecule has 0 aliphatic heterocycles. The summed E-state index contributed by atoms with van der Waals surface area (Å²) in [5, 5.41) is 25.0. The summed E-state index contributed by atoms with van der Waals surface area (Å²) in [6.07, 6.45) is 13.0. The molecule has 0 spiro atoms. The van der Waals surface area contributed by atoms with E-state index in [-0.39, 0.29) is 12.0 Å². The standard InChI is InChI=1S/C40H34N4/c1-4-5-6-10-27(2)33-11-7-8-14-37(33)43-38-24-31(19-15-28(38)3)34-12-9-13-35-36-23-30(26-42)18-22-39(36)44(40(34)35)32-20-16-29(25-41)17-21-32/h4-5,7-9,11-24,28,38,43H,2,6,10H2,1,3H3/b5-4-. The number of benzene rings is 4. The van der Waals surface area contributed by atoms with Crippen molar-refractivity contribution in [2.75, 3.05) is 5.32 Å². The molecule has 1 heterocycles. The third-order valence-corrected chi connectivity index (χ3v) is 8.47. The molecule has 2 unspecified atom stereocenters. The molecular weight excluding hydrogens is 536 g/mol. The van der Waals surface area contributed by atoms with E-state index in [4.69, 9.17) is 0 Å². The maximum Gasteiger partial charge on any atom is 0.0991 e. The van der Waals surface area contributed by atoms with Crippen molar-refractivity contribution in [2.45, 2.75) is 32.7 Å². The first-order valence-corrected chi connectivity index (χ1v) is 15.1. The third kappa shape index (κ3) is 5.35. The molecule has 44 heavy (non-hydrogen) atoms. The lowest BCUT2D eigenvalue weighted by Gasteiger charge is -2.27. The Labute approximate surface area is 259 Å². The fraction of sp³-hybridized carbons (Fsp3) is 0.150. The highest BCUT2D eigenvalue weighted by molar-refractivity contribution is 6.13. The molecule has 0 saturated carbocycles. The molecule has 0 bridgehead atoms. The van der Waals surface area contributed by atoms with Gasteiger partial charge in [0.1, 0.15) is 0 Å². The van der Waals surface area contributed by atoms with E-state index in [0.717, 1.165) is 68.3 Å². The Morgan fingerprint density at radius 3 is 2.48 bits per heavy atom. The second kappa shape index (κ2) is 12.3. The number of hydrogen-bond donors (Lipinski definition) is 1. The zero-order chi connectivity index (χ0) is 30.6. The van der Waals surface area contributed by atoms with Crippen molar-refractivity contribution < 1.29 is 0 Å². The minimum absolute atomic E-state index is 0.0766. The highest BCUT2D eigenvalue weighted by Gasteiger charge is 2.22. The van der Waals surface area contributed by atoms with Crippen LogP contribution in [0, 0.1) is 28.6 Å². The van der Waals surface area contributed by atoms with E-state index in [1.54, 1.807) is 0 Å². The highest BCUT2D eigenvalue weighted by atomic mass is 15.0. The number of allylic oxidation sites excluding steroid dienone is 5. The first-order chi connectivity index (χ1) is 21.5. The molecule has 2 atom stereocenters. The zero-order valence-corrected chi connectivity index (χ0v) is 25.1. The molecule has 4 heteroatoms. The number of para-hydroxylation sites is 2. The van der Waals surface area contributed by atoms with E-state index in [2.05, 4.69) is 108 Å². The smallest absolute Gasteiger partial charge is 0.0991 e. The molecule has 0 amide bonds. The molecule has 1 aliphatic rings. The van der Waals surface area contributed by atoms with Crippen LogP contribution in [0.5, 0.6) is 0 Å². The predicted octanol–water partition coefficient (Wildman–Crippen LogP) is 9.97. The van der Waals surface area contributed by atoms with Crippen molar-refractivity contribution >= 4 is 38.6 Å². The number of hydrogen-bond acceptors (Lipinski definition) is 3. The Kier molecular flexibility index (Phi) is 8.00. The topological polar surface area (TPSA) is 64.5 Å². The number of nitriles is 2. The van der Waals surface area contributed by atoms with Crippen LogP contribution in [-0.4, -0.2) is 10.6 Å². The van der Waals surface area contributed by atoms with Gasteiger partial charge in [-0.15, -0.1) is 0 Å². The van der Waals surface area contributed by atoms with Gasteiger partial charge in [0, 0.05) is 33.3 Å². The normalized spacial score (nSPS) is 16.1. The van der Waals surface area contributed by atoms with Gasteiger partial charge in [0.2, 0.25) is 0 Å². The number of aromatic nitrogens is 1. The average Bonchev–Trinajstić information content (AvgIpc) is 3.40. The summed E-state index contributed by atoms with van der Waals surface area (Å²) in [6.45, 7) is 8.69. The maximum atomic E-state index is 9.67. The van der Waals surface area contributed by atoms with Crippen molar-refractivity contribution in [3.05, 3.63) is 144 Å². The van der Waals surface area contributed by atoms with E-state index >= 15 is 0 Å². The number of anilines is 1. The molecule has 6 rings (SSSR count). The van der Waals surface area contributed by atoms with Crippen molar-refractivity contribution in [1.29, 1.82) is 10.5 Å². The van der Waals surface area contributed by atoms with Crippen molar-refractivity contribution in [3.63, 3.8) is 0 Å². The Balaban J connectivity index is 1.47. The average molecular weight is 571 g/mol. The van der Waals surface area contributed by atoms with Gasteiger partial charge in [-0.3, -0.25) is 0 Å². The third-order valence-electron chi connectivity index (χ3n) is 8.47. The Morgan fingerprint density at radius 2 is 1.70 bits per heavy atom. The van der Waals surface area contributed by atoms with Crippen molar-refractivity contribution in [1.82, 2.24) is 4.57 Å². The molecule has 4 nitrogen and oxygen atoms in total. The van der Waals surface area contributed by atoms with Crippen LogP contribution in [0.4, 0.5) is 5.69 Å². The van der Waals surface area contributed by atoms with Crippen LogP contribution >= 0.6 is 0 Å². The monoisotopic (exact) mass is 570 g/mol. The summed E-state index contributed by atoms with van der Waals surface area (Å²) in [6, 6.07) is 33.0. The predicted molar refractivity (Wildman–Crippen MR) is 183 cm³/mol. The summed E-state index contributed by atoms with van der Waals surface area (Å²) in [5.41, 5.74) is 9.93. The number of fused-ring (bicyclic) bond motifs is 3. The van der Waals surface area contributed by atoms with E-state index in [9.17, 15) is 10.5 Å². The molecule has 5 aromatic rings. The molecule has 0 radical (unpaired) electrons. The van der Waals surface area contributed by atoms with Crippen LogP contribution in [-0.2, 0) is 0 Å². The lowest BCUT2D eigenvalue weighted by molar-refractivity contribution is 0.662. The molecule has 0 saturated heterocycles. The number of nitrogens with one attached hydrogen (secondary N) is 1. The molecular formula is C40H34N4. The minimum atomic E-state index is 0.0766. The lowest BCUT2D eigenvalue weighted by Crippen LogP contribution is -2.26. The van der Waals surface area contributed by atoms with Gasteiger partial charge in [0.25, 0.3) is 0 Å². The van der Waals surface area contributed by atoms with Gasteiger partial charge in [-0.25, -0.2) is 0 Å². The summed E-state index contributed by atoms with van der Waals surface area (Å²) in [7, 11) is 0. The largest absolute Gasteiger partial charge is 0.378 e. The van der Waals surface area contributed by atoms with Crippen LogP contribution < -0.4 is 5.32 Å². The van der Waals surface area contributed by atoms with Crippen LogP contribution in [0.1, 0.15) is 48.9 Å². The SMILES string of the molecule is C=C(CC/C=C\C)c1ccccc1NC1C=C(c2cccc3c4cc(C#N)ccc4n(-c4ccc(C#N)cc4)c23)C=CC1C. The quantitative estimate of drug-likeness (QED) is 0.189. The van der Waals surface area contributed by atoms with Gasteiger partial charge in [-0.05, 0) is 85.4 Å². The first kappa shape index (κ1) is 28.5. The molecule has 0 fully saturated rings. The molecule has 1 N–H and O–H groups in total. The summed E-state index contributed by atoms with van der Waals surface area (Å²) in [5.74, 6) is 0.282. The molecule has 214 valence electrons. The maximum absolute atomic E-state index is 9.67. The van der Waals surface area contributed by atoms with E-state index in [0.29, 0.717) is 11.1 Å². The van der Waals surface area contributed by atoms with Crippen LogP contribution in [0.25, 0.3) is 38.6 Å².